The number of phenolic OH excluding ortho intramolecular Hbond substituents is 1. The summed E-state index contributed by atoms with van der Waals surface area (Å²) < 4.78 is 1.46. The summed E-state index contributed by atoms with van der Waals surface area (Å²) in [6, 6.07) is 23.4. The van der Waals surface area contributed by atoms with Gasteiger partial charge < -0.3 is 10.4 Å². The maximum atomic E-state index is 13.1. The van der Waals surface area contributed by atoms with Crippen molar-refractivity contribution in [1.82, 2.24) is 19.7 Å². The lowest BCUT2D eigenvalue weighted by molar-refractivity contribution is 0.102. The average molecular weight is 449 g/mol. The Morgan fingerprint density at radius 2 is 1.74 bits per heavy atom. The Labute approximate surface area is 194 Å². The van der Waals surface area contributed by atoms with Crippen LogP contribution in [0.15, 0.2) is 95.3 Å². The van der Waals surface area contributed by atoms with E-state index in [0.29, 0.717) is 22.7 Å². The lowest BCUT2D eigenvalue weighted by Gasteiger charge is -2.12. The summed E-state index contributed by atoms with van der Waals surface area (Å²) in [4.78, 5) is 21.7. The van der Waals surface area contributed by atoms with Crippen molar-refractivity contribution in [3.05, 3.63) is 96.4 Å². The van der Waals surface area contributed by atoms with Crippen molar-refractivity contribution in [1.29, 1.82) is 0 Å². The Morgan fingerprint density at radius 1 is 0.971 bits per heavy atom. The average Bonchev–Trinajstić information content (AvgIpc) is 3.24. The van der Waals surface area contributed by atoms with Gasteiger partial charge in [0.25, 0.3) is 11.9 Å². The number of aromatic hydroxyl groups is 1. The number of anilines is 1. The topological polar surface area (TPSA) is 118 Å². The van der Waals surface area contributed by atoms with E-state index in [4.69, 9.17) is 0 Å². The number of carbonyl (C=O) groups is 1. The van der Waals surface area contributed by atoms with Crippen molar-refractivity contribution >= 4 is 34.0 Å². The second-order valence-electron chi connectivity index (χ2n) is 7.42. The van der Waals surface area contributed by atoms with Gasteiger partial charge >= 0.3 is 0 Å². The molecule has 9 heteroatoms. The molecule has 34 heavy (non-hydrogen) atoms. The molecule has 5 aromatic rings. The molecule has 5 rings (SSSR count). The highest BCUT2D eigenvalue weighted by Crippen LogP contribution is 2.38. The number of nitrogens with one attached hydrogen (secondary N) is 1. The minimum absolute atomic E-state index is 0.110. The number of carbonyl (C=O) groups excluding carboxylic acids is 1. The molecule has 0 aliphatic heterocycles. The minimum atomic E-state index is -0.454. The zero-order chi connectivity index (χ0) is 23.5. The van der Waals surface area contributed by atoms with Crippen LogP contribution in [0.3, 0.4) is 0 Å². The lowest BCUT2D eigenvalue weighted by atomic mass is 10.0. The van der Waals surface area contributed by atoms with E-state index in [1.807, 2.05) is 36.4 Å². The van der Waals surface area contributed by atoms with Crippen molar-refractivity contribution in [3.63, 3.8) is 0 Å². The SMILES string of the molecule is Cc1nc(N=Nc2cc3ccccc3c(C(=O)Nc3ccccc3)c2O)n(-c2ccccn2)n1. The summed E-state index contributed by atoms with van der Waals surface area (Å²) in [5.41, 5.74) is 0.852. The van der Waals surface area contributed by atoms with Gasteiger partial charge in [-0.05, 0) is 48.0 Å². The predicted octanol–water partition coefficient (Wildman–Crippen LogP) is 5.50. The van der Waals surface area contributed by atoms with E-state index in [-0.39, 0.29) is 22.9 Å². The molecule has 2 N–H and O–H groups in total. The van der Waals surface area contributed by atoms with Crippen LogP contribution in [0.4, 0.5) is 17.3 Å². The van der Waals surface area contributed by atoms with E-state index >= 15 is 0 Å². The largest absolute Gasteiger partial charge is 0.505 e. The van der Waals surface area contributed by atoms with Gasteiger partial charge in [-0.25, -0.2) is 4.98 Å². The van der Waals surface area contributed by atoms with E-state index in [2.05, 4.69) is 30.6 Å². The van der Waals surface area contributed by atoms with Gasteiger partial charge in [0.05, 0.1) is 5.56 Å². The fourth-order valence-corrected chi connectivity index (χ4v) is 3.54. The van der Waals surface area contributed by atoms with Gasteiger partial charge in [-0.1, -0.05) is 48.5 Å². The highest BCUT2D eigenvalue weighted by Gasteiger charge is 2.20. The quantitative estimate of drug-likeness (QED) is 0.344. The molecule has 0 aliphatic carbocycles. The number of pyridine rings is 1. The van der Waals surface area contributed by atoms with Crippen LogP contribution in [-0.4, -0.2) is 30.8 Å². The van der Waals surface area contributed by atoms with Gasteiger partial charge in [-0.15, -0.1) is 15.3 Å². The van der Waals surface area contributed by atoms with E-state index < -0.39 is 5.91 Å². The molecule has 9 nitrogen and oxygen atoms in total. The van der Waals surface area contributed by atoms with Crippen LogP contribution < -0.4 is 5.32 Å². The van der Waals surface area contributed by atoms with E-state index in [1.54, 1.807) is 55.6 Å². The maximum absolute atomic E-state index is 13.1. The third-order valence-electron chi connectivity index (χ3n) is 5.07. The molecule has 0 bridgehead atoms. The van der Waals surface area contributed by atoms with Crippen LogP contribution in [0.5, 0.6) is 5.75 Å². The molecule has 0 atom stereocenters. The van der Waals surface area contributed by atoms with Crippen LogP contribution in [0.2, 0.25) is 0 Å². The highest BCUT2D eigenvalue weighted by atomic mass is 16.3. The van der Waals surface area contributed by atoms with Crippen molar-refractivity contribution in [2.75, 3.05) is 5.32 Å². The van der Waals surface area contributed by atoms with Crippen LogP contribution in [0, 0.1) is 6.92 Å². The van der Waals surface area contributed by atoms with E-state index in [0.717, 1.165) is 5.39 Å². The Kier molecular flexibility index (Phi) is 5.49. The molecule has 2 aromatic heterocycles. The van der Waals surface area contributed by atoms with Gasteiger partial charge in [0, 0.05) is 11.9 Å². The third kappa shape index (κ3) is 4.09. The first-order valence-electron chi connectivity index (χ1n) is 10.5. The molecule has 0 saturated heterocycles. The molecule has 3 aromatic carbocycles. The maximum Gasteiger partial charge on any atom is 0.273 e. The number of aryl methyl sites for hydroxylation is 1. The fraction of sp³-hybridized carbons (Fsp3) is 0.0400. The van der Waals surface area contributed by atoms with E-state index in [1.165, 1.54) is 4.68 Å². The Morgan fingerprint density at radius 3 is 2.53 bits per heavy atom. The van der Waals surface area contributed by atoms with E-state index in [9.17, 15) is 9.90 Å². The Balaban J connectivity index is 1.57. The number of para-hydroxylation sites is 1. The molecule has 0 radical (unpaired) electrons. The number of amides is 1. The van der Waals surface area contributed by atoms with Crippen LogP contribution in [0.1, 0.15) is 16.2 Å². The van der Waals surface area contributed by atoms with Gasteiger partial charge in [0.1, 0.15) is 11.5 Å². The molecule has 1 amide bonds. The van der Waals surface area contributed by atoms with Crippen molar-refractivity contribution in [3.8, 4) is 11.6 Å². The monoisotopic (exact) mass is 449 g/mol. The van der Waals surface area contributed by atoms with Crippen LogP contribution in [0.25, 0.3) is 16.6 Å². The second kappa shape index (κ2) is 8.91. The normalized spacial score (nSPS) is 11.2. The summed E-state index contributed by atoms with van der Waals surface area (Å²) in [5, 5.41) is 27.9. The first-order valence-corrected chi connectivity index (χ1v) is 10.5. The number of hydrogen-bond donors (Lipinski definition) is 2. The summed E-state index contributed by atoms with van der Waals surface area (Å²) in [7, 11) is 0. The molecular formula is C25H19N7O2. The molecule has 0 aliphatic rings. The third-order valence-corrected chi connectivity index (χ3v) is 5.07. The lowest BCUT2D eigenvalue weighted by Crippen LogP contribution is -2.12. The van der Waals surface area contributed by atoms with Gasteiger partial charge in [-0.3, -0.25) is 4.79 Å². The number of aromatic nitrogens is 4. The standard InChI is InChI=1S/C25H19N7O2/c1-16-27-25(32(31-16)21-13-7-8-14-26-21)30-29-20-15-17-9-5-6-12-19(17)22(23(20)33)24(34)28-18-10-3-2-4-11-18/h2-15,33H,1H3,(H,28,34). The number of benzene rings is 3. The fourth-order valence-electron chi connectivity index (χ4n) is 3.54. The van der Waals surface area contributed by atoms with Crippen molar-refractivity contribution < 1.29 is 9.90 Å². The number of nitrogens with zero attached hydrogens (tertiary/aromatic N) is 6. The number of azo groups is 1. The predicted molar refractivity (Wildman–Crippen MR) is 128 cm³/mol. The first kappa shape index (κ1) is 21.0. The first-order chi connectivity index (χ1) is 16.6. The van der Waals surface area contributed by atoms with Gasteiger partial charge in [0.15, 0.2) is 11.6 Å². The van der Waals surface area contributed by atoms with Crippen LogP contribution in [-0.2, 0) is 0 Å². The highest BCUT2D eigenvalue weighted by molar-refractivity contribution is 6.16. The summed E-state index contributed by atoms with van der Waals surface area (Å²) in [6.07, 6.45) is 1.64. The molecule has 0 unspecified atom stereocenters. The van der Waals surface area contributed by atoms with Crippen LogP contribution >= 0.6 is 0 Å². The number of phenols is 1. The number of rotatable bonds is 5. The zero-order valence-corrected chi connectivity index (χ0v) is 18.1. The molecular weight excluding hydrogens is 430 g/mol. The molecule has 0 saturated carbocycles. The smallest absolute Gasteiger partial charge is 0.273 e. The molecule has 0 spiro atoms. The second-order valence-corrected chi connectivity index (χ2v) is 7.42. The van der Waals surface area contributed by atoms with Gasteiger partial charge in [0.2, 0.25) is 0 Å². The van der Waals surface area contributed by atoms with Gasteiger partial charge in [-0.2, -0.15) is 9.67 Å². The van der Waals surface area contributed by atoms with Crippen molar-refractivity contribution in [2.24, 2.45) is 10.2 Å². The minimum Gasteiger partial charge on any atom is -0.505 e. The summed E-state index contributed by atoms with van der Waals surface area (Å²) >= 11 is 0. The number of hydrogen-bond acceptors (Lipinski definition) is 7. The zero-order valence-electron chi connectivity index (χ0n) is 18.1. The molecule has 0 fully saturated rings. The summed E-state index contributed by atoms with van der Waals surface area (Å²) in [6.45, 7) is 1.73. The Bertz CT molecular complexity index is 1510. The Hall–Kier alpha value is -4.92. The molecule has 166 valence electrons. The molecule has 2 heterocycles. The number of fused-ring (bicyclic) bond motifs is 1. The van der Waals surface area contributed by atoms with Crippen molar-refractivity contribution in [2.45, 2.75) is 6.92 Å². The summed E-state index contributed by atoms with van der Waals surface area (Å²) in [5.74, 6) is 0.480.